The number of hydrogen-bond acceptors (Lipinski definition) is 2. The van der Waals surface area contributed by atoms with Crippen LogP contribution in [0.3, 0.4) is 0 Å². The molecule has 2 aromatic carbocycles. The first-order valence-electron chi connectivity index (χ1n) is 8.65. The minimum atomic E-state index is -0.124. The molecule has 1 aromatic heterocycles. The van der Waals surface area contributed by atoms with Crippen LogP contribution in [0.4, 0.5) is 0 Å². The molecule has 0 saturated carbocycles. The number of nitrogens with one attached hydrogen (secondary N) is 2. The van der Waals surface area contributed by atoms with E-state index in [4.69, 9.17) is 11.6 Å². The number of pyridine rings is 1. The van der Waals surface area contributed by atoms with Gasteiger partial charge in [-0.25, -0.2) is 0 Å². The third kappa shape index (κ3) is 4.52. The van der Waals surface area contributed by atoms with Crippen LogP contribution < -0.4 is 10.9 Å². The average Bonchev–Trinajstić information content (AvgIpc) is 2.62. The quantitative estimate of drug-likeness (QED) is 0.695. The number of aromatic amines is 1. The minimum absolute atomic E-state index is 0.0531. The smallest absolute Gasteiger partial charge is 0.251 e. The maximum atomic E-state index is 12.2. The number of carbonyl (C=O) groups excluding carboxylic acids is 1. The first-order chi connectivity index (χ1) is 12.5. The summed E-state index contributed by atoms with van der Waals surface area (Å²) in [5, 5.41) is 4.59. The predicted molar refractivity (Wildman–Crippen MR) is 106 cm³/mol. The minimum Gasteiger partial charge on any atom is -0.356 e. The number of benzene rings is 2. The van der Waals surface area contributed by atoms with Crippen molar-refractivity contribution in [3.63, 3.8) is 0 Å². The number of H-pyrrole nitrogens is 1. The Labute approximate surface area is 157 Å². The van der Waals surface area contributed by atoms with E-state index >= 15 is 0 Å². The molecule has 0 aliphatic heterocycles. The summed E-state index contributed by atoms with van der Waals surface area (Å²) in [5.41, 5.74) is 3.52. The van der Waals surface area contributed by atoms with Gasteiger partial charge in [0.1, 0.15) is 0 Å². The zero-order valence-electron chi connectivity index (χ0n) is 14.6. The van der Waals surface area contributed by atoms with Crippen molar-refractivity contribution in [2.24, 2.45) is 0 Å². The number of rotatable bonds is 6. The molecule has 3 rings (SSSR count). The van der Waals surface area contributed by atoms with Gasteiger partial charge in [-0.05, 0) is 54.5 Å². The largest absolute Gasteiger partial charge is 0.356 e. The summed E-state index contributed by atoms with van der Waals surface area (Å²) in [4.78, 5) is 27.2. The van der Waals surface area contributed by atoms with Gasteiger partial charge in [0, 0.05) is 23.6 Å². The number of amides is 1. The van der Waals surface area contributed by atoms with Gasteiger partial charge in [0.25, 0.3) is 5.56 Å². The second kappa shape index (κ2) is 8.19. The van der Waals surface area contributed by atoms with Crippen molar-refractivity contribution in [2.75, 3.05) is 6.54 Å². The van der Waals surface area contributed by atoms with Crippen LogP contribution in [0, 0.1) is 6.92 Å². The summed E-state index contributed by atoms with van der Waals surface area (Å²) in [7, 11) is 0. The SMILES string of the molecule is Cc1cccc2cc(CCC(=O)NCCc3ccc(Cl)cc3)c(=O)[nH]c12. The fraction of sp³-hybridized carbons (Fsp3) is 0.238. The molecule has 4 nitrogen and oxygen atoms in total. The Bertz CT molecular complexity index is 977. The van der Waals surface area contributed by atoms with Gasteiger partial charge < -0.3 is 10.3 Å². The molecule has 0 aliphatic rings. The first-order valence-corrected chi connectivity index (χ1v) is 9.03. The molecule has 0 atom stereocenters. The normalized spacial score (nSPS) is 10.8. The molecule has 2 N–H and O–H groups in total. The van der Waals surface area contributed by atoms with Crippen LogP contribution in [0.15, 0.2) is 53.3 Å². The Hall–Kier alpha value is -2.59. The van der Waals surface area contributed by atoms with Crippen LogP contribution in [0.25, 0.3) is 10.9 Å². The number of fused-ring (bicyclic) bond motifs is 1. The molecule has 26 heavy (non-hydrogen) atoms. The number of hydrogen-bond donors (Lipinski definition) is 2. The number of aromatic nitrogens is 1. The highest BCUT2D eigenvalue weighted by molar-refractivity contribution is 6.30. The summed E-state index contributed by atoms with van der Waals surface area (Å²) in [5.74, 6) is -0.0531. The van der Waals surface area contributed by atoms with Crippen LogP contribution in [-0.4, -0.2) is 17.4 Å². The second-order valence-corrected chi connectivity index (χ2v) is 6.83. The van der Waals surface area contributed by atoms with Crippen molar-refractivity contribution < 1.29 is 4.79 Å². The van der Waals surface area contributed by atoms with E-state index in [1.807, 2.05) is 55.5 Å². The van der Waals surface area contributed by atoms with E-state index in [1.165, 1.54) is 0 Å². The molecule has 0 fully saturated rings. The lowest BCUT2D eigenvalue weighted by molar-refractivity contribution is -0.121. The Morgan fingerprint density at radius 1 is 1.12 bits per heavy atom. The van der Waals surface area contributed by atoms with E-state index in [1.54, 1.807) is 0 Å². The van der Waals surface area contributed by atoms with Gasteiger partial charge >= 0.3 is 0 Å². The highest BCUT2D eigenvalue weighted by Gasteiger charge is 2.07. The molecule has 0 bridgehead atoms. The Balaban J connectivity index is 1.54. The van der Waals surface area contributed by atoms with Gasteiger partial charge in [-0.3, -0.25) is 9.59 Å². The number of para-hydroxylation sites is 1. The fourth-order valence-corrected chi connectivity index (χ4v) is 3.07. The maximum Gasteiger partial charge on any atom is 0.251 e. The van der Waals surface area contributed by atoms with E-state index in [9.17, 15) is 9.59 Å². The fourth-order valence-electron chi connectivity index (χ4n) is 2.95. The van der Waals surface area contributed by atoms with Crippen molar-refractivity contribution in [3.05, 3.63) is 80.6 Å². The molecular weight excluding hydrogens is 348 g/mol. The molecule has 0 saturated heterocycles. The second-order valence-electron chi connectivity index (χ2n) is 6.39. The lowest BCUT2D eigenvalue weighted by atomic mass is 10.1. The van der Waals surface area contributed by atoms with E-state index < -0.39 is 0 Å². The summed E-state index contributed by atoms with van der Waals surface area (Å²) in [6.07, 6.45) is 1.46. The molecule has 1 amide bonds. The molecule has 134 valence electrons. The zero-order valence-corrected chi connectivity index (χ0v) is 15.4. The first kappa shape index (κ1) is 18.2. The van der Waals surface area contributed by atoms with Gasteiger partial charge in [-0.15, -0.1) is 0 Å². The lowest BCUT2D eigenvalue weighted by Crippen LogP contribution is -2.26. The molecule has 0 radical (unpaired) electrons. The molecule has 0 unspecified atom stereocenters. The Kier molecular flexibility index (Phi) is 5.74. The average molecular weight is 369 g/mol. The summed E-state index contributed by atoms with van der Waals surface area (Å²) in [6, 6.07) is 15.3. The molecule has 0 spiro atoms. The zero-order chi connectivity index (χ0) is 18.5. The van der Waals surface area contributed by atoms with Crippen LogP contribution in [0.2, 0.25) is 5.02 Å². The Morgan fingerprint density at radius 2 is 1.88 bits per heavy atom. The molecular formula is C21H21ClN2O2. The van der Waals surface area contributed by atoms with Crippen molar-refractivity contribution in [2.45, 2.75) is 26.2 Å². The monoisotopic (exact) mass is 368 g/mol. The van der Waals surface area contributed by atoms with Gasteiger partial charge in [0.15, 0.2) is 0 Å². The van der Waals surface area contributed by atoms with E-state index in [0.717, 1.165) is 28.5 Å². The van der Waals surface area contributed by atoms with Gasteiger partial charge in [-0.1, -0.05) is 41.9 Å². The summed E-state index contributed by atoms with van der Waals surface area (Å²) < 4.78 is 0. The predicted octanol–water partition coefficient (Wildman–Crippen LogP) is 3.78. The van der Waals surface area contributed by atoms with E-state index in [2.05, 4.69) is 10.3 Å². The van der Waals surface area contributed by atoms with Gasteiger partial charge in [-0.2, -0.15) is 0 Å². The van der Waals surface area contributed by atoms with Gasteiger partial charge in [0.2, 0.25) is 5.91 Å². The number of aryl methyl sites for hydroxylation is 2. The Morgan fingerprint density at radius 3 is 2.65 bits per heavy atom. The van der Waals surface area contributed by atoms with Crippen LogP contribution >= 0.6 is 11.6 Å². The van der Waals surface area contributed by atoms with Crippen molar-refractivity contribution in [3.8, 4) is 0 Å². The third-order valence-electron chi connectivity index (χ3n) is 4.44. The number of halogens is 1. The topological polar surface area (TPSA) is 62.0 Å². The summed E-state index contributed by atoms with van der Waals surface area (Å²) in [6.45, 7) is 2.53. The van der Waals surface area contributed by atoms with Crippen molar-refractivity contribution in [1.82, 2.24) is 10.3 Å². The number of carbonyl (C=O) groups is 1. The molecule has 3 aromatic rings. The third-order valence-corrected chi connectivity index (χ3v) is 4.69. The molecule has 5 heteroatoms. The van der Waals surface area contributed by atoms with E-state index in [-0.39, 0.29) is 11.5 Å². The molecule has 1 heterocycles. The molecule has 0 aliphatic carbocycles. The highest BCUT2D eigenvalue weighted by Crippen LogP contribution is 2.15. The van der Waals surface area contributed by atoms with Crippen molar-refractivity contribution in [1.29, 1.82) is 0 Å². The standard InChI is InChI=1S/C21H21ClN2O2/c1-14-3-2-4-16-13-17(21(26)24-20(14)16)7-10-19(25)23-12-11-15-5-8-18(22)9-6-15/h2-6,8-9,13H,7,10-12H2,1H3,(H,23,25)(H,24,26). The highest BCUT2D eigenvalue weighted by atomic mass is 35.5. The van der Waals surface area contributed by atoms with Crippen LogP contribution in [0.5, 0.6) is 0 Å². The summed E-state index contributed by atoms with van der Waals surface area (Å²) >= 11 is 5.86. The maximum absolute atomic E-state index is 12.2. The van der Waals surface area contributed by atoms with E-state index in [0.29, 0.717) is 30.0 Å². The van der Waals surface area contributed by atoms with Gasteiger partial charge in [0.05, 0.1) is 5.52 Å². The van der Waals surface area contributed by atoms with Crippen LogP contribution in [-0.2, 0) is 17.6 Å². The lowest BCUT2D eigenvalue weighted by Gasteiger charge is -2.07. The van der Waals surface area contributed by atoms with Crippen LogP contribution in [0.1, 0.15) is 23.1 Å². The van der Waals surface area contributed by atoms with Crippen molar-refractivity contribution >= 4 is 28.4 Å².